The summed E-state index contributed by atoms with van der Waals surface area (Å²) in [6, 6.07) is 7.76. The minimum absolute atomic E-state index is 0.00599. The molecule has 4 rings (SSSR count). The standard InChI is InChI=1S/C22H29N7O2/c1-15(2)29-20(26-18-19(23-8-13-30)24-14-25-21(18)29)16-4-6-17(7-5-16)22(31)28-11-9-27(3)10-12-28/h4-7,14-15,30H,8-13H2,1-3H3,(H,23,24,25). The van der Waals surface area contributed by atoms with E-state index in [4.69, 9.17) is 10.1 Å². The third-order valence-corrected chi connectivity index (χ3v) is 5.58. The predicted molar refractivity (Wildman–Crippen MR) is 120 cm³/mol. The summed E-state index contributed by atoms with van der Waals surface area (Å²) in [4.78, 5) is 30.6. The van der Waals surface area contributed by atoms with Crippen LogP contribution in [0.1, 0.15) is 30.2 Å². The normalized spacial score (nSPS) is 15.1. The van der Waals surface area contributed by atoms with Gasteiger partial charge in [0.2, 0.25) is 0 Å². The van der Waals surface area contributed by atoms with Gasteiger partial charge in [-0.1, -0.05) is 12.1 Å². The van der Waals surface area contributed by atoms with Crippen molar-refractivity contribution < 1.29 is 9.90 Å². The monoisotopic (exact) mass is 423 g/mol. The lowest BCUT2D eigenvalue weighted by Crippen LogP contribution is -2.47. The molecule has 2 aromatic heterocycles. The van der Waals surface area contributed by atoms with Gasteiger partial charge in [0.25, 0.3) is 5.91 Å². The lowest BCUT2D eigenvalue weighted by Gasteiger charge is -2.32. The van der Waals surface area contributed by atoms with E-state index < -0.39 is 0 Å². The first-order valence-electron chi connectivity index (χ1n) is 10.7. The van der Waals surface area contributed by atoms with Crippen LogP contribution in [0.2, 0.25) is 0 Å². The van der Waals surface area contributed by atoms with E-state index in [1.54, 1.807) is 0 Å². The minimum Gasteiger partial charge on any atom is -0.395 e. The summed E-state index contributed by atoms with van der Waals surface area (Å²) in [6.45, 7) is 7.86. The molecular formula is C22H29N7O2. The number of piperazine rings is 1. The fourth-order valence-corrected chi connectivity index (χ4v) is 3.86. The van der Waals surface area contributed by atoms with Gasteiger partial charge >= 0.3 is 0 Å². The molecule has 2 N–H and O–H groups in total. The molecule has 0 bridgehead atoms. The number of nitrogens with one attached hydrogen (secondary N) is 1. The fourth-order valence-electron chi connectivity index (χ4n) is 3.86. The zero-order valence-corrected chi connectivity index (χ0v) is 18.2. The van der Waals surface area contributed by atoms with Crippen LogP contribution in [-0.2, 0) is 0 Å². The molecule has 31 heavy (non-hydrogen) atoms. The molecule has 164 valence electrons. The van der Waals surface area contributed by atoms with E-state index in [1.165, 1.54) is 6.33 Å². The fraction of sp³-hybridized carbons (Fsp3) is 0.455. The van der Waals surface area contributed by atoms with Crippen LogP contribution in [0.15, 0.2) is 30.6 Å². The van der Waals surface area contributed by atoms with Gasteiger partial charge < -0.3 is 24.8 Å². The van der Waals surface area contributed by atoms with Gasteiger partial charge in [-0.15, -0.1) is 0 Å². The van der Waals surface area contributed by atoms with E-state index in [0.29, 0.717) is 23.4 Å². The van der Waals surface area contributed by atoms with Gasteiger partial charge in [0.15, 0.2) is 17.0 Å². The molecular weight excluding hydrogens is 394 g/mol. The van der Waals surface area contributed by atoms with Crippen molar-refractivity contribution >= 4 is 22.9 Å². The highest BCUT2D eigenvalue weighted by Crippen LogP contribution is 2.30. The number of fused-ring (bicyclic) bond motifs is 1. The van der Waals surface area contributed by atoms with Gasteiger partial charge in [0.1, 0.15) is 12.2 Å². The Bertz CT molecular complexity index is 1050. The molecule has 0 saturated carbocycles. The van der Waals surface area contributed by atoms with Crippen molar-refractivity contribution in [2.24, 2.45) is 0 Å². The Labute approximate surface area is 181 Å². The average molecular weight is 424 g/mol. The molecule has 1 saturated heterocycles. The number of imidazole rings is 1. The van der Waals surface area contributed by atoms with Crippen molar-refractivity contribution in [3.05, 3.63) is 36.2 Å². The second kappa shape index (κ2) is 8.99. The van der Waals surface area contributed by atoms with Crippen LogP contribution in [0, 0.1) is 0 Å². The first-order valence-corrected chi connectivity index (χ1v) is 10.7. The number of amides is 1. The maximum absolute atomic E-state index is 12.9. The third kappa shape index (κ3) is 4.24. The summed E-state index contributed by atoms with van der Waals surface area (Å²) in [7, 11) is 2.08. The zero-order valence-electron chi connectivity index (χ0n) is 18.2. The van der Waals surface area contributed by atoms with Crippen molar-refractivity contribution in [3.63, 3.8) is 0 Å². The molecule has 3 heterocycles. The van der Waals surface area contributed by atoms with Crippen LogP contribution in [-0.4, -0.2) is 86.7 Å². The number of rotatable bonds is 6. The maximum atomic E-state index is 12.9. The van der Waals surface area contributed by atoms with Crippen LogP contribution >= 0.6 is 0 Å². The summed E-state index contributed by atoms with van der Waals surface area (Å²) >= 11 is 0. The third-order valence-electron chi connectivity index (χ3n) is 5.58. The summed E-state index contributed by atoms with van der Waals surface area (Å²) in [5, 5.41) is 12.2. The van der Waals surface area contributed by atoms with Crippen molar-refractivity contribution in [1.82, 2.24) is 29.3 Å². The van der Waals surface area contributed by atoms with Gasteiger partial charge in [-0.3, -0.25) is 4.79 Å². The number of likely N-dealkylation sites (N-methyl/N-ethyl adjacent to an activating group) is 1. The van der Waals surface area contributed by atoms with E-state index in [9.17, 15) is 4.79 Å². The van der Waals surface area contributed by atoms with Gasteiger partial charge in [-0.2, -0.15) is 0 Å². The number of benzene rings is 1. The highest BCUT2D eigenvalue weighted by molar-refractivity contribution is 5.95. The number of aromatic nitrogens is 4. The van der Waals surface area contributed by atoms with Gasteiger partial charge in [0, 0.05) is 49.9 Å². The summed E-state index contributed by atoms with van der Waals surface area (Å²) in [5.74, 6) is 1.44. The lowest BCUT2D eigenvalue weighted by atomic mass is 10.1. The van der Waals surface area contributed by atoms with Crippen LogP contribution in [0.3, 0.4) is 0 Å². The summed E-state index contributed by atoms with van der Waals surface area (Å²) < 4.78 is 2.07. The van der Waals surface area contributed by atoms with E-state index in [0.717, 1.165) is 43.2 Å². The van der Waals surface area contributed by atoms with Crippen molar-refractivity contribution in [3.8, 4) is 11.4 Å². The molecule has 0 radical (unpaired) electrons. The molecule has 9 heteroatoms. The topological polar surface area (TPSA) is 99.4 Å². The number of hydrogen-bond donors (Lipinski definition) is 2. The van der Waals surface area contributed by atoms with Crippen LogP contribution in [0.4, 0.5) is 5.82 Å². The Morgan fingerprint density at radius 3 is 2.48 bits per heavy atom. The zero-order chi connectivity index (χ0) is 22.0. The van der Waals surface area contributed by atoms with E-state index in [2.05, 4.69) is 45.6 Å². The maximum Gasteiger partial charge on any atom is 0.253 e. The molecule has 9 nitrogen and oxygen atoms in total. The number of carbonyl (C=O) groups excluding carboxylic acids is 1. The minimum atomic E-state index is 0.00599. The van der Waals surface area contributed by atoms with E-state index in [1.807, 2.05) is 29.2 Å². The molecule has 0 spiro atoms. The second-order valence-corrected chi connectivity index (χ2v) is 8.12. The predicted octanol–water partition coefficient (Wildman–Crippen LogP) is 1.87. The highest BCUT2D eigenvalue weighted by atomic mass is 16.3. The SMILES string of the molecule is CC(C)n1c(-c2ccc(C(=O)N3CCN(C)CC3)cc2)nc2c(NCCO)ncnc21. The molecule has 1 fully saturated rings. The highest BCUT2D eigenvalue weighted by Gasteiger charge is 2.22. The number of aliphatic hydroxyl groups is 1. The number of hydrogen-bond acceptors (Lipinski definition) is 7. The quantitative estimate of drug-likeness (QED) is 0.624. The average Bonchev–Trinajstić information content (AvgIpc) is 3.18. The number of nitrogens with zero attached hydrogens (tertiary/aromatic N) is 6. The molecule has 0 atom stereocenters. The van der Waals surface area contributed by atoms with Crippen molar-refractivity contribution in [2.75, 3.05) is 51.7 Å². The molecule has 1 aromatic carbocycles. The molecule has 0 unspecified atom stereocenters. The first-order chi connectivity index (χ1) is 15.0. The number of carbonyl (C=O) groups is 1. The van der Waals surface area contributed by atoms with Crippen molar-refractivity contribution in [1.29, 1.82) is 0 Å². The first kappa shape index (κ1) is 21.2. The van der Waals surface area contributed by atoms with Crippen molar-refractivity contribution in [2.45, 2.75) is 19.9 Å². The van der Waals surface area contributed by atoms with Gasteiger partial charge in [0.05, 0.1) is 6.61 Å². The Hall–Kier alpha value is -3.04. The van der Waals surface area contributed by atoms with Crippen LogP contribution in [0.25, 0.3) is 22.6 Å². The lowest BCUT2D eigenvalue weighted by molar-refractivity contribution is 0.0664. The molecule has 1 aliphatic heterocycles. The van der Waals surface area contributed by atoms with Gasteiger partial charge in [-0.05, 0) is 33.0 Å². The smallest absolute Gasteiger partial charge is 0.253 e. The molecule has 1 amide bonds. The Kier molecular flexibility index (Phi) is 6.15. The Morgan fingerprint density at radius 2 is 1.84 bits per heavy atom. The van der Waals surface area contributed by atoms with Crippen LogP contribution in [0.5, 0.6) is 0 Å². The largest absolute Gasteiger partial charge is 0.395 e. The Balaban J connectivity index is 1.66. The van der Waals surface area contributed by atoms with E-state index in [-0.39, 0.29) is 18.6 Å². The van der Waals surface area contributed by atoms with Gasteiger partial charge in [-0.25, -0.2) is 15.0 Å². The van der Waals surface area contributed by atoms with Crippen LogP contribution < -0.4 is 5.32 Å². The van der Waals surface area contributed by atoms with E-state index >= 15 is 0 Å². The summed E-state index contributed by atoms with van der Waals surface area (Å²) in [6.07, 6.45) is 1.50. The molecule has 1 aliphatic rings. The molecule has 0 aliphatic carbocycles. The number of aliphatic hydroxyl groups excluding tert-OH is 1. The second-order valence-electron chi connectivity index (χ2n) is 8.12. The number of anilines is 1. The Morgan fingerprint density at radius 1 is 1.13 bits per heavy atom. The molecule has 3 aromatic rings. The summed E-state index contributed by atoms with van der Waals surface area (Å²) in [5.41, 5.74) is 3.00.